The Morgan fingerprint density at radius 2 is 1.57 bits per heavy atom. The molecule has 0 saturated carbocycles. The maximum absolute atomic E-state index is 12.6. The molecule has 30 heavy (non-hydrogen) atoms. The lowest BCUT2D eigenvalue weighted by atomic mass is 10.0. The van der Waals surface area contributed by atoms with Gasteiger partial charge in [0.2, 0.25) is 5.43 Å². The van der Waals surface area contributed by atoms with Gasteiger partial charge in [0.1, 0.15) is 22.3 Å². The molecule has 2 N–H and O–H groups in total. The van der Waals surface area contributed by atoms with Gasteiger partial charge in [0, 0.05) is 5.69 Å². The van der Waals surface area contributed by atoms with Crippen LogP contribution < -0.4 is 14.9 Å². The predicted molar refractivity (Wildman–Crippen MR) is 105 cm³/mol. The normalized spacial score (nSPS) is 11.6. The molecular weight excluding hydrogens is 425 g/mol. The number of nitrogens with one attached hydrogen (secondary N) is 1. The average Bonchev–Trinajstić information content (AvgIpc) is 2.68. The third kappa shape index (κ3) is 4.93. The minimum atomic E-state index is -4.77. The third-order valence-electron chi connectivity index (χ3n) is 3.97. The third-order valence-corrected chi connectivity index (χ3v) is 4.43. The fourth-order valence-corrected chi connectivity index (χ4v) is 2.84. The van der Waals surface area contributed by atoms with Crippen molar-refractivity contribution in [1.29, 1.82) is 0 Å². The van der Waals surface area contributed by atoms with E-state index in [4.69, 9.17) is 21.5 Å². The van der Waals surface area contributed by atoms with E-state index >= 15 is 0 Å². The Balaban J connectivity index is 1.84. The maximum atomic E-state index is 12.6. The van der Waals surface area contributed by atoms with E-state index in [1.165, 1.54) is 12.1 Å². The molecule has 0 saturated heterocycles. The van der Waals surface area contributed by atoms with Crippen LogP contribution in [-0.2, 0) is 0 Å². The van der Waals surface area contributed by atoms with Crippen LogP contribution in [0.25, 0.3) is 11.1 Å². The zero-order valence-corrected chi connectivity index (χ0v) is 16.1. The van der Waals surface area contributed by atoms with Crippen molar-refractivity contribution in [3.8, 4) is 28.4 Å². The van der Waals surface area contributed by atoms with Gasteiger partial charge in [-0.25, -0.2) is 0 Å². The van der Waals surface area contributed by atoms with Crippen LogP contribution in [0.1, 0.15) is 11.4 Å². The molecule has 0 atom stereocenters. The SMILES string of the molecule is Cc1[nH]c(/C=N/O)c(-c2ccc(Oc3ccc(OC(F)(F)F)cc3)cc2)c(=O)c1Cl. The Bertz CT molecular complexity index is 1130. The lowest BCUT2D eigenvalue weighted by molar-refractivity contribution is -0.274. The van der Waals surface area contributed by atoms with Crippen LogP contribution in [0.3, 0.4) is 0 Å². The summed E-state index contributed by atoms with van der Waals surface area (Å²) in [5.41, 5.74) is 0.978. The second-order valence-electron chi connectivity index (χ2n) is 6.07. The lowest BCUT2D eigenvalue weighted by Crippen LogP contribution is -2.16. The number of nitrogens with zero attached hydrogens (tertiary/aromatic N) is 1. The van der Waals surface area contributed by atoms with Gasteiger partial charge in [0.15, 0.2) is 0 Å². The molecule has 6 nitrogen and oxygen atoms in total. The van der Waals surface area contributed by atoms with E-state index < -0.39 is 11.8 Å². The largest absolute Gasteiger partial charge is 0.573 e. The van der Waals surface area contributed by atoms with Gasteiger partial charge in [0.25, 0.3) is 0 Å². The Hall–Kier alpha value is -3.46. The van der Waals surface area contributed by atoms with Gasteiger partial charge in [-0.2, -0.15) is 0 Å². The molecule has 0 radical (unpaired) electrons. The number of rotatable bonds is 5. The molecule has 1 heterocycles. The van der Waals surface area contributed by atoms with Crippen molar-refractivity contribution >= 4 is 17.8 Å². The highest BCUT2D eigenvalue weighted by atomic mass is 35.5. The summed E-state index contributed by atoms with van der Waals surface area (Å²) >= 11 is 6.04. The number of benzene rings is 2. The van der Waals surface area contributed by atoms with E-state index in [0.717, 1.165) is 18.3 Å². The van der Waals surface area contributed by atoms with Gasteiger partial charge >= 0.3 is 6.36 Å². The zero-order chi connectivity index (χ0) is 21.9. The van der Waals surface area contributed by atoms with E-state index in [1.54, 1.807) is 31.2 Å². The minimum absolute atomic E-state index is 0.0154. The summed E-state index contributed by atoms with van der Waals surface area (Å²) in [7, 11) is 0. The number of aryl methyl sites for hydroxylation is 1. The summed E-state index contributed by atoms with van der Waals surface area (Å²) in [6, 6.07) is 11.3. The van der Waals surface area contributed by atoms with Crippen LogP contribution >= 0.6 is 11.6 Å². The smallest absolute Gasteiger partial charge is 0.457 e. The van der Waals surface area contributed by atoms with E-state index in [1.807, 2.05) is 0 Å². The molecule has 3 rings (SSSR count). The highest BCUT2D eigenvalue weighted by Crippen LogP contribution is 2.29. The highest BCUT2D eigenvalue weighted by molar-refractivity contribution is 6.31. The van der Waals surface area contributed by atoms with Crippen LogP contribution in [0.4, 0.5) is 13.2 Å². The summed E-state index contributed by atoms with van der Waals surface area (Å²) in [6.45, 7) is 1.62. The first kappa shape index (κ1) is 21.3. The molecule has 0 spiro atoms. The first-order valence-corrected chi connectivity index (χ1v) is 8.79. The minimum Gasteiger partial charge on any atom is -0.457 e. The van der Waals surface area contributed by atoms with Crippen molar-refractivity contribution in [2.75, 3.05) is 0 Å². The molecule has 1 aromatic heterocycles. The monoisotopic (exact) mass is 438 g/mol. The van der Waals surface area contributed by atoms with Crippen LogP contribution in [0.15, 0.2) is 58.5 Å². The lowest BCUT2D eigenvalue weighted by Gasteiger charge is -2.11. The summed E-state index contributed by atoms with van der Waals surface area (Å²) in [4.78, 5) is 15.5. The standard InChI is InChI=1S/C20H14ClF3N2O4/c1-11-18(21)19(27)17(16(26-11)10-25-28)12-2-4-13(5-3-12)29-14-6-8-15(9-7-14)30-20(22,23)24/h2-10,28H,1H3,(H,26,27)/b25-10+. The fraction of sp³-hybridized carbons (Fsp3) is 0.100. The molecule has 0 aliphatic rings. The van der Waals surface area contributed by atoms with E-state index in [2.05, 4.69) is 14.9 Å². The zero-order valence-electron chi connectivity index (χ0n) is 15.3. The van der Waals surface area contributed by atoms with Gasteiger partial charge in [-0.15, -0.1) is 13.2 Å². The highest BCUT2D eigenvalue weighted by Gasteiger charge is 2.31. The molecular formula is C20H14ClF3N2O4. The van der Waals surface area contributed by atoms with Gasteiger partial charge in [-0.1, -0.05) is 28.9 Å². The summed E-state index contributed by atoms with van der Waals surface area (Å²) < 4.78 is 46.0. The van der Waals surface area contributed by atoms with E-state index in [9.17, 15) is 18.0 Å². The Morgan fingerprint density at radius 3 is 2.10 bits per heavy atom. The van der Waals surface area contributed by atoms with E-state index in [-0.39, 0.29) is 22.0 Å². The number of aromatic nitrogens is 1. The summed E-state index contributed by atoms with van der Waals surface area (Å²) in [6.07, 6.45) is -3.68. The Morgan fingerprint density at radius 1 is 1.03 bits per heavy atom. The molecule has 0 bridgehead atoms. The Labute approximate surface area is 173 Å². The quantitative estimate of drug-likeness (QED) is 0.313. The first-order valence-electron chi connectivity index (χ1n) is 8.42. The van der Waals surface area contributed by atoms with Crippen molar-refractivity contribution in [2.45, 2.75) is 13.3 Å². The number of oxime groups is 1. The summed E-state index contributed by atoms with van der Waals surface area (Å²) in [5.74, 6) is 0.315. The number of aromatic amines is 1. The average molecular weight is 439 g/mol. The molecule has 0 aliphatic heterocycles. The van der Waals surface area contributed by atoms with Crippen LogP contribution in [0, 0.1) is 6.92 Å². The van der Waals surface area contributed by atoms with Gasteiger partial charge in [-0.3, -0.25) is 4.79 Å². The molecule has 156 valence electrons. The predicted octanol–water partition coefficient (Wildman–Crippen LogP) is 5.50. The topological polar surface area (TPSA) is 83.9 Å². The number of hydrogen-bond acceptors (Lipinski definition) is 5. The number of hydrogen-bond donors (Lipinski definition) is 2. The fourth-order valence-electron chi connectivity index (χ4n) is 2.70. The number of halogens is 4. The molecule has 3 aromatic rings. The molecule has 10 heteroatoms. The Kier molecular flexibility index (Phi) is 6.02. The summed E-state index contributed by atoms with van der Waals surface area (Å²) in [5, 5.41) is 11.8. The second-order valence-corrected chi connectivity index (χ2v) is 6.45. The van der Waals surface area contributed by atoms with Crippen LogP contribution in [0.5, 0.6) is 17.2 Å². The molecule has 0 amide bonds. The number of H-pyrrole nitrogens is 1. The molecule has 0 fully saturated rings. The molecule has 2 aromatic carbocycles. The number of pyridine rings is 1. The second kappa shape index (κ2) is 8.50. The van der Waals surface area contributed by atoms with Crippen LogP contribution in [-0.4, -0.2) is 22.8 Å². The van der Waals surface area contributed by atoms with Gasteiger partial charge in [-0.05, 0) is 48.9 Å². The van der Waals surface area contributed by atoms with Crippen molar-refractivity contribution < 1.29 is 27.9 Å². The van der Waals surface area contributed by atoms with Crippen molar-refractivity contribution in [3.05, 3.63) is 75.2 Å². The van der Waals surface area contributed by atoms with Gasteiger partial charge < -0.3 is 19.7 Å². The van der Waals surface area contributed by atoms with E-state index in [0.29, 0.717) is 22.8 Å². The number of alkyl halides is 3. The maximum Gasteiger partial charge on any atom is 0.573 e. The molecule has 0 aliphatic carbocycles. The van der Waals surface area contributed by atoms with Gasteiger partial charge in [0.05, 0.1) is 17.5 Å². The van der Waals surface area contributed by atoms with Crippen molar-refractivity contribution in [3.63, 3.8) is 0 Å². The van der Waals surface area contributed by atoms with Crippen molar-refractivity contribution in [1.82, 2.24) is 4.98 Å². The van der Waals surface area contributed by atoms with Crippen LogP contribution in [0.2, 0.25) is 5.02 Å². The molecule has 0 unspecified atom stereocenters. The van der Waals surface area contributed by atoms with Crippen molar-refractivity contribution in [2.24, 2.45) is 5.16 Å². The first-order chi connectivity index (χ1) is 14.2. The number of ether oxygens (including phenoxy) is 2.